The molecule has 3 nitrogen and oxygen atoms in total. The molecule has 0 aromatic heterocycles. The number of carbonyl (C=O) groups excluding carboxylic acids is 1. The molecule has 2 rings (SSSR count). The maximum atomic E-state index is 13.1. The highest BCUT2D eigenvalue weighted by atomic mass is 19.1. The number of hydrogen-bond donors (Lipinski definition) is 1. The molecular formula is C17H18FNO2. The maximum Gasteiger partial charge on any atom is 0.265 e. The second-order valence-corrected chi connectivity index (χ2v) is 4.72. The highest BCUT2D eigenvalue weighted by Crippen LogP contribution is 2.20. The van der Waals surface area contributed by atoms with Crippen LogP contribution in [0.15, 0.2) is 48.5 Å². The molecule has 1 atom stereocenters. The van der Waals surface area contributed by atoms with E-state index in [0.29, 0.717) is 11.4 Å². The molecule has 0 aliphatic carbocycles. The van der Waals surface area contributed by atoms with Crippen LogP contribution in [0.2, 0.25) is 0 Å². The van der Waals surface area contributed by atoms with Crippen molar-refractivity contribution in [1.29, 1.82) is 0 Å². The van der Waals surface area contributed by atoms with E-state index in [9.17, 15) is 9.18 Å². The first-order chi connectivity index (χ1) is 10.1. The quantitative estimate of drug-likeness (QED) is 0.908. The van der Waals surface area contributed by atoms with E-state index < -0.39 is 11.9 Å². The van der Waals surface area contributed by atoms with E-state index in [0.717, 1.165) is 12.0 Å². The topological polar surface area (TPSA) is 38.3 Å². The Morgan fingerprint density at radius 3 is 2.71 bits per heavy atom. The van der Waals surface area contributed by atoms with Gasteiger partial charge in [-0.05, 0) is 43.2 Å². The zero-order valence-electron chi connectivity index (χ0n) is 12.1. The monoisotopic (exact) mass is 287 g/mol. The van der Waals surface area contributed by atoms with E-state index in [1.54, 1.807) is 19.1 Å². The first-order valence-electron chi connectivity index (χ1n) is 6.91. The summed E-state index contributed by atoms with van der Waals surface area (Å²) in [5.41, 5.74) is 1.46. The molecule has 0 heterocycles. The van der Waals surface area contributed by atoms with Crippen molar-refractivity contribution >= 4 is 11.6 Å². The summed E-state index contributed by atoms with van der Waals surface area (Å²) in [6, 6.07) is 13.4. The number of hydrogen-bond acceptors (Lipinski definition) is 2. The fourth-order valence-corrected chi connectivity index (χ4v) is 1.96. The Balaban J connectivity index is 2.02. The summed E-state index contributed by atoms with van der Waals surface area (Å²) in [5, 5.41) is 2.64. The first-order valence-corrected chi connectivity index (χ1v) is 6.91. The van der Waals surface area contributed by atoms with Gasteiger partial charge >= 0.3 is 0 Å². The van der Waals surface area contributed by atoms with Crippen LogP contribution in [0.5, 0.6) is 5.75 Å². The van der Waals surface area contributed by atoms with Crippen molar-refractivity contribution in [2.45, 2.75) is 26.4 Å². The molecular weight excluding hydrogens is 269 g/mol. The number of anilines is 1. The van der Waals surface area contributed by atoms with Gasteiger partial charge in [0.1, 0.15) is 11.6 Å². The average molecular weight is 287 g/mol. The third kappa shape index (κ3) is 4.05. The second kappa shape index (κ2) is 6.88. The number of carbonyl (C=O) groups is 1. The van der Waals surface area contributed by atoms with Crippen LogP contribution >= 0.6 is 0 Å². The summed E-state index contributed by atoms with van der Waals surface area (Å²) in [5.74, 6) is -0.00824. The van der Waals surface area contributed by atoms with Crippen LogP contribution in [-0.4, -0.2) is 12.0 Å². The van der Waals surface area contributed by atoms with Gasteiger partial charge in [0.2, 0.25) is 0 Å². The van der Waals surface area contributed by atoms with Gasteiger partial charge in [-0.25, -0.2) is 4.39 Å². The number of ether oxygens (including phenoxy) is 1. The Morgan fingerprint density at radius 2 is 2.00 bits per heavy atom. The van der Waals surface area contributed by atoms with E-state index in [4.69, 9.17) is 4.74 Å². The van der Waals surface area contributed by atoms with Crippen LogP contribution in [0.25, 0.3) is 0 Å². The summed E-state index contributed by atoms with van der Waals surface area (Å²) >= 11 is 0. The number of amides is 1. The lowest BCUT2D eigenvalue weighted by Gasteiger charge is -2.16. The molecule has 1 amide bonds. The highest BCUT2D eigenvalue weighted by molar-refractivity contribution is 5.94. The van der Waals surface area contributed by atoms with Gasteiger partial charge in [0.05, 0.1) is 0 Å². The number of halogens is 1. The molecule has 21 heavy (non-hydrogen) atoms. The zero-order chi connectivity index (χ0) is 15.2. The molecule has 0 aliphatic heterocycles. The number of aryl methyl sites for hydroxylation is 1. The minimum Gasteiger partial charge on any atom is -0.481 e. The summed E-state index contributed by atoms with van der Waals surface area (Å²) in [6.07, 6.45) is 0.162. The fourth-order valence-electron chi connectivity index (χ4n) is 1.96. The number of benzene rings is 2. The molecule has 1 N–H and O–H groups in total. The average Bonchev–Trinajstić information content (AvgIpc) is 2.47. The maximum absolute atomic E-state index is 13.1. The molecule has 0 spiro atoms. The van der Waals surface area contributed by atoms with Crippen LogP contribution in [-0.2, 0) is 11.2 Å². The minimum absolute atomic E-state index is 0.313. The number of nitrogens with one attached hydrogen (secondary N) is 1. The molecule has 0 unspecified atom stereocenters. The van der Waals surface area contributed by atoms with Gasteiger partial charge in [0.25, 0.3) is 5.91 Å². The predicted octanol–water partition coefficient (Wildman–Crippen LogP) is 3.79. The molecule has 0 fully saturated rings. The summed E-state index contributed by atoms with van der Waals surface area (Å²) in [7, 11) is 0. The second-order valence-electron chi connectivity index (χ2n) is 4.72. The minimum atomic E-state index is -0.666. The van der Waals surface area contributed by atoms with Gasteiger partial charge in [-0.1, -0.05) is 31.2 Å². The molecule has 110 valence electrons. The van der Waals surface area contributed by atoms with Crippen molar-refractivity contribution in [2.75, 3.05) is 5.32 Å². The van der Waals surface area contributed by atoms with Gasteiger partial charge in [-0.15, -0.1) is 0 Å². The van der Waals surface area contributed by atoms with E-state index in [1.165, 1.54) is 12.1 Å². The van der Waals surface area contributed by atoms with Crippen LogP contribution in [0.3, 0.4) is 0 Å². The Bertz CT molecular complexity index is 628. The Labute approximate surface area is 123 Å². The largest absolute Gasteiger partial charge is 0.481 e. The lowest BCUT2D eigenvalue weighted by Crippen LogP contribution is -2.30. The smallest absolute Gasteiger partial charge is 0.265 e. The number of rotatable bonds is 5. The van der Waals surface area contributed by atoms with Gasteiger partial charge < -0.3 is 10.1 Å². The Kier molecular flexibility index (Phi) is 4.93. The van der Waals surface area contributed by atoms with Crippen molar-refractivity contribution in [3.63, 3.8) is 0 Å². The van der Waals surface area contributed by atoms with E-state index in [-0.39, 0.29) is 5.91 Å². The molecule has 0 saturated carbocycles. The van der Waals surface area contributed by atoms with Gasteiger partial charge in [-0.3, -0.25) is 4.79 Å². The van der Waals surface area contributed by atoms with Gasteiger partial charge in [0, 0.05) is 5.69 Å². The number of para-hydroxylation sites is 1. The third-order valence-corrected chi connectivity index (χ3v) is 3.12. The van der Waals surface area contributed by atoms with Crippen molar-refractivity contribution in [1.82, 2.24) is 0 Å². The summed E-state index contributed by atoms with van der Waals surface area (Å²) < 4.78 is 18.8. The first kappa shape index (κ1) is 15.0. The SMILES string of the molecule is CCc1ccccc1O[C@H](C)C(=O)Nc1cccc(F)c1. The predicted molar refractivity (Wildman–Crippen MR) is 80.9 cm³/mol. The summed E-state index contributed by atoms with van der Waals surface area (Å²) in [6.45, 7) is 3.70. The lowest BCUT2D eigenvalue weighted by molar-refractivity contribution is -0.122. The molecule has 0 saturated heterocycles. The lowest BCUT2D eigenvalue weighted by atomic mass is 10.1. The molecule has 2 aromatic carbocycles. The highest BCUT2D eigenvalue weighted by Gasteiger charge is 2.16. The fraction of sp³-hybridized carbons (Fsp3) is 0.235. The molecule has 4 heteroatoms. The van der Waals surface area contributed by atoms with Crippen molar-refractivity contribution < 1.29 is 13.9 Å². The van der Waals surface area contributed by atoms with Crippen molar-refractivity contribution in [2.24, 2.45) is 0 Å². The van der Waals surface area contributed by atoms with E-state index in [2.05, 4.69) is 5.32 Å². The third-order valence-electron chi connectivity index (χ3n) is 3.12. The molecule has 2 aromatic rings. The van der Waals surface area contributed by atoms with Crippen LogP contribution < -0.4 is 10.1 Å². The van der Waals surface area contributed by atoms with E-state index >= 15 is 0 Å². The summed E-state index contributed by atoms with van der Waals surface area (Å²) in [4.78, 5) is 12.1. The van der Waals surface area contributed by atoms with Crippen LogP contribution in [0.1, 0.15) is 19.4 Å². The van der Waals surface area contributed by atoms with Crippen LogP contribution in [0.4, 0.5) is 10.1 Å². The molecule has 0 aliphatic rings. The van der Waals surface area contributed by atoms with Crippen molar-refractivity contribution in [3.8, 4) is 5.75 Å². The normalized spacial score (nSPS) is 11.8. The van der Waals surface area contributed by atoms with E-state index in [1.807, 2.05) is 31.2 Å². The molecule has 0 radical (unpaired) electrons. The molecule has 0 bridgehead atoms. The van der Waals surface area contributed by atoms with Crippen LogP contribution in [0, 0.1) is 5.82 Å². The Morgan fingerprint density at radius 1 is 1.24 bits per heavy atom. The van der Waals surface area contributed by atoms with Crippen molar-refractivity contribution in [3.05, 3.63) is 59.9 Å². The van der Waals surface area contributed by atoms with Gasteiger partial charge in [0.15, 0.2) is 6.10 Å². The Hall–Kier alpha value is -2.36. The van der Waals surface area contributed by atoms with Gasteiger partial charge in [-0.2, -0.15) is 0 Å². The standard InChI is InChI=1S/C17H18FNO2/c1-3-13-7-4-5-10-16(13)21-12(2)17(20)19-15-9-6-8-14(18)11-15/h4-12H,3H2,1-2H3,(H,19,20)/t12-/m1/s1. The zero-order valence-corrected chi connectivity index (χ0v) is 12.1.